The van der Waals surface area contributed by atoms with Crippen LogP contribution in [0.2, 0.25) is 0 Å². The molecule has 0 spiro atoms. The van der Waals surface area contributed by atoms with Crippen molar-refractivity contribution in [2.24, 2.45) is 5.92 Å². The average molecular weight is 333 g/mol. The molecule has 2 fully saturated rings. The van der Waals surface area contributed by atoms with Gasteiger partial charge in [-0.3, -0.25) is 4.79 Å². The Hall–Kier alpha value is -2.08. The van der Waals surface area contributed by atoms with E-state index in [0.717, 1.165) is 23.5 Å². The summed E-state index contributed by atoms with van der Waals surface area (Å²) in [6, 6.07) is 5.92. The zero-order valence-electron chi connectivity index (χ0n) is 13.8. The molecule has 3 rings (SSSR count). The first kappa shape index (κ1) is 16.8. The lowest BCUT2D eigenvalue weighted by atomic mass is 10.1. The van der Waals surface area contributed by atoms with Gasteiger partial charge in [-0.05, 0) is 50.2 Å². The van der Waals surface area contributed by atoms with Crippen LogP contribution in [0.3, 0.4) is 0 Å². The lowest BCUT2D eigenvalue weighted by Gasteiger charge is -2.15. The molecule has 0 radical (unpaired) electrons. The summed E-state index contributed by atoms with van der Waals surface area (Å²) in [6.45, 7) is 3.07. The third-order valence-electron chi connectivity index (χ3n) is 4.43. The lowest BCUT2D eigenvalue weighted by Crippen LogP contribution is -2.35. The average Bonchev–Trinajstić information content (AvgIpc) is 3.24. The minimum atomic E-state index is -1.01. The van der Waals surface area contributed by atoms with Crippen molar-refractivity contribution in [3.8, 4) is 5.75 Å². The van der Waals surface area contributed by atoms with Crippen LogP contribution in [-0.2, 0) is 20.9 Å². The third kappa shape index (κ3) is 4.26. The lowest BCUT2D eigenvalue weighted by molar-refractivity contribution is -0.151. The van der Waals surface area contributed by atoms with E-state index in [-0.39, 0.29) is 5.91 Å². The van der Waals surface area contributed by atoms with E-state index in [1.54, 1.807) is 0 Å². The van der Waals surface area contributed by atoms with Gasteiger partial charge in [0.25, 0.3) is 0 Å². The van der Waals surface area contributed by atoms with E-state index in [9.17, 15) is 9.59 Å². The van der Waals surface area contributed by atoms with Crippen LogP contribution in [0.25, 0.3) is 0 Å². The van der Waals surface area contributed by atoms with Crippen molar-refractivity contribution < 1.29 is 24.2 Å². The molecule has 24 heavy (non-hydrogen) atoms. The highest BCUT2D eigenvalue weighted by molar-refractivity contribution is 5.82. The highest BCUT2D eigenvalue weighted by Gasteiger charge is 2.34. The molecular formula is C18H23NO5. The van der Waals surface area contributed by atoms with Crippen LogP contribution in [0.15, 0.2) is 18.2 Å². The second kappa shape index (κ2) is 7.21. The highest BCUT2D eigenvalue weighted by atomic mass is 16.5. The van der Waals surface area contributed by atoms with Crippen LogP contribution < -0.4 is 10.1 Å². The molecule has 2 aliphatic rings. The summed E-state index contributed by atoms with van der Waals surface area (Å²) in [5, 5.41) is 11.7. The quantitative estimate of drug-likeness (QED) is 0.797. The number of amides is 1. The van der Waals surface area contributed by atoms with E-state index in [1.165, 1.54) is 12.8 Å². The van der Waals surface area contributed by atoms with Crippen molar-refractivity contribution in [2.75, 3.05) is 6.61 Å². The van der Waals surface area contributed by atoms with E-state index < -0.39 is 18.2 Å². The van der Waals surface area contributed by atoms with Crippen LogP contribution in [0.4, 0.5) is 0 Å². The van der Waals surface area contributed by atoms with Crippen LogP contribution in [-0.4, -0.2) is 35.8 Å². The van der Waals surface area contributed by atoms with Gasteiger partial charge < -0.3 is 19.9 Å². The summed E-state index contributed by atoms with van der Waals surface area (Å²) < 4.78 is 11.2. The van der Waals surface area contributed by atoms with E-state index >= 15 is 0 Å². The number of aryl methyl sites for hydroxylation is 1. The van der Waals surface area contributed by atoms with E-state index in [4.69, 9.17) is 14.6 Å². The Morgan fingerprint density at radius 2 is 2.00 bits per heavy atom. The van der Waals surface area contributed by atoms with Gasteiger partial charge in [-0.1, -0.05) is 12.1 Å². The van der Waals surface area contributed by atoms with Gasteiger partial charge in [-0.25, -0.2) is 4.79 Å². The molecule has 1 aromatic rings. The van der Waals surface area contributed by atoms with Crippen molar-refractivity contribution in [3.63, 3.8) is 0 Å². The molecule has 1 aliphatic carbocycles. The number of benzene rings is 1. The molecule has 1 amide bonds. The first-order chi connectivity index (χ1) is 11.5. The molecule has 0 aromatic heterocycles. The predicted octanol–water partition coefficient (Wildman–Crippen LogP) is 2.03. The van der Waals surface area contributed by atoms with Crippen molar-refractivity contribution >= 4 is 11.9 Å². The number of carbonyl (C=O) groups excluding carboxylic acids is 1. The molecule has 1 aromatic carbocycles. The normalized spacial score (nSPS) is 23.0. The Balaban J connectivity index is 1.55. The molecule has 1 aliphatic heterocycles. The summed E-state index contributed by atoms with van der Waals surface area (Å²) in [5.74, 6) is 0.179. The summed E-state index contributed by atoms with van der Waals surface area (Å²) in [4.78, 5) is 23.1. The van der Waals surface area contributed by atoms with Crippen LogP contribution >= 0.6 is 0 Å². The zero-order chi connectivity index (χ0) is 17.1. The van der Waals surface area contributed by atoms with Gasteiger partial charge in [0.05, 0.1) is 6.61 Å². The largest absolute Gasteiger partial charge is 0.493 e. The summed E-state index contributed by atoms with van der Waals surface area (Å²) >= 11 is 0. The fourth-order valence-corrected chi connectivity index (χ4v) is 2.74. The van der Waals surface area contributed by atoms with E-state index in [2.05, 4.69) is 5.32 Å². The minimum absolute atomic E-state index is 0.271. The maximum atomic E-state index is 12.2. The number of hydrogen-bond acceptors (Lipinski definition) is 4. The Bertz CT molecular complexity index is 626. The summed E-state index contributed by atoms with van der Waals surface area (Å²) in [5.41, 5.74) is 2.03. The maximum Gasteiger partial charge on any atom is 0.332 e. The minimum Gasteiger partial charge on any atom is -0.493 e. The molecule has 0 unspecified atom stereocenters. The van der Waals surface area contributed by atoms with Crippen LogP contribution in [0.5, 0.6) is 5.75 Å². The van der Waals surface area contributed by atoms with Gasteiger partial charge in [0.15, 0.2) is 6.10 Å². The maximum absolute atomic E-state index is 12.2. The third-order valence-corrected chi connectivity index (χ3v) is 4.43. The SMILES string of the molecule is Cc1ccc(CNC(=O)[C@@H]2CC[C@H](C(=O)O)O2)c(OCC2CC2)c1. The number of ether oxygens (including phenoxy) is 2. The molecule has 1 saturated heterocycles. The fraction of sp³-hybridized carbons (Fsp3) is 0.556. The Morgan fingerprint density at radius 3 is 2.67 bits per heavy atom. The second-order valence-electron chi connectivity index (χ2n) is 6.61. The predicted molar refractivity (Wildman–Crippen MR) is 86.8 cm³/mol. The highest BCUT2D eigenvalue weighted by Crippen LogP contribution is 2.30. The van der Waals surface area contributed by atoms with Crippen LogP contribution in [0, 0.1) is 12.8 Å². The molecular weight excluding hydrogens is 310 g/mol. The standard InChI is InChI=1S/C18H23NO5/c1-11-2-5-13(16(8-11)23-10-12-3-4-12)9-19-17(20)14-6-7-15(24-14)18(21)22/h2,5,8,12,14-15H,3-4,6-7,9-10H2,1H3,(H,19,20)(H,21,22)/t14-,15+/m0/s1. The molecule has 6 nitrogen and oxygen atoms in total. The molecule has 0 bridgehead atoms. The molecule has 2 N–H and O–H groups in total. The van der Waals surface area contributed by atoms with E-state index in [1.807, 2.05) is 25.1 Å². The first-order valence-electron chi connectivity index (χ1n) is 8.41. The smallest absolute Gasteiger partial charge is 0.332 e. The number of carbonyl (C=O) groups is 2. The Kier molecular flexibility index (Phi) is 5.04. The monoisotopic (exact) mass is 333 g/mol. The van der Waals surface area contributed by atoms with Crippen molar-refractivity contribution in [2.45, 2.75) is 51.4 Å². The summed E-state index contributed by atoms with van der Waals surface area (Å²) in [6.07, 6.45) is 1.68. The number of hydrogen-bond donors (Lipinski definition) is 2. The summed E-state index contributed by atoms with van der Waals surface area (Å²) in [7, 11) is 0. The van der Waals surface area contributed by atoms with E-state index in [0.29, 0.717) is 25.3 Å². The molecule has 130 valence electrons. The number of rotatable bonds is 7. The Morgan fingerprint density at radius 1 is 1.25 bits per heavy atom. The number of carboxylic acids is 1. The second-order valence-corrected chi connectivity index (χ2v) is 6.61. The number of aliphatic carboxylic acids is 1. The molecule has 1 saturated carbocycles. The number of nitrogens with one attached hydrogen (secondary N) is 1. The van der Waals surface area contributed by atoms with Crippen molar-refractivity contribution in [1.82, 2.24) is 5.32 Å². The first-order valence-corrected chi connectivity index (χ1v) is 8.41. The fourth-order valence-electron chi connectivity index (χ4n) is 2.74. The van der Waals surface area contributed by atoms with Crippen molar-refractivity contribution in [3.05, 3.63) is 29.3 Å². The van der Waals surface area contributed by atoms with Gasteiger partial charge in [0, 0.05) is 12.1 Å². The zero-order valence-corrected chi connectivity index (χ0v) is 13.8. The van der Waals surface area contributed by atoms with Crippen LogP contribution in [0.1, 0.15) is 36.8 Å². The topological polar surface area (TPSA) is 84.9 Å². The molecule has 6 heteroatoms. The van der Waals surface area contributed by atoms with Crippen molar-refractivity contribution in [1.29, 1.82) is 0 Å². The van der Waals surface area contributed by atoms with Gasteiger partial charge in [-0.2, -0.15) is 0 Å². The Labute approximate surface area is 141 Å². The van der Waals surface area contributed by atoms with Gasteiger partial charge in [-0.15, -0.1) is 0 Å². The van der Waals surface area contributed by atoms with Gasteiger partial charge in [0.2, 0.25) is 5.91 Å². The molecule has 1 heterocycles. The molecule has 2 atom stereocenters. The van der Waals surface area contributed by atoms with Gasteiger partial charge in [0.1, 0.15) is 11.9 Å². The number of carboxylic acid groups (broad SMARTS) is 1. The van der Waals surface area contributed by atoms with Gasteiger partial charge >= 0.3 is 5.97 Å².